The molecule has 130 valence electrons. The molecule has 1 aliphatic rings. The van der Waals surface area contributed by atoms with Crippen LogP contribution in [0.15, 0.2) is 54.6 Å². The Morgan fingerprint density at radius 3 is 2.52 bits per heavy atom. The van der Waals surface area contributed by atoms with Crippen LogP contribution in [0, 0.1) is 5.92 Å². The highest BCUT2D eigenvalue weighted by atomic mass is 35.5. The second-order valence-corrected chi connectivity index (χ2v) is 6.78. The van der Waals surface area contributed by atoms with E-state index in [1.807, 2.05) is 30.3 Å². The molecule has 0 spiro atoms. The van der Waals surface area contributed by atoms with E-state index >= 15 is 0 Å². The Bertz CT molecular complexity index is 751. The van der Waals surface area contributed by atoms with Gasteiger partial charge in [0.05, 0.1) is 0 Å². The number of amides is 1. The van der Waals surface area contributed by atoms with Crippen molar-refractivity contribution in [1.82, 2.24) is 4.90 Å². The Morgan fingerprint density at radius 1 is 1.20 bits per heavy atom. The molecule has 2 atom stereocenters. The molecule has 2 aromatic carbocycles. The van der Waals surface area contributed by atoms with Gasteiger partial charge in [-0.25, -0.2) is 0 Å². The lowest BCUT2D eigenvalue weighted by Gasteiger charge is -2.31. The van der Waals surface area contributed by atoms with Crippen LogP contribution >= 0.6 is 11.6 Å². The van der Waals surface area contributed by atoms with E-state index in [0.717, 1.165) is 5.56 Å². The van der Waals surface area contributed by atoms with Gasteiger partial charge in [-0.15, -0.1) is 0 Å². The normalized spacial score (nSPS) is 19.5. The van der Waals surface area contributed by atoms with Crippen LogP contribution in [0.5, 0.6) is 0 Å². The molecule has 0 bridgehead atoms. The minimum Gasteiger partial charge on any atom is -0.361 e. The van der Waals surface area contributed by atoms with Gasteiger partial charge < -0.3 is 16.0 Å². The summed E-state index contributed by atoms with van der Waals surface area (Å²) in [6.45, 7) is 0.954. The lowest BCUT2D eigenvalue weighted by molar-refractivity contribution is -0.128. The van der Waals surface area contributed by atoms with E-state index in [0.29, 0.717) is 30.1 Å². The molecule has 0 aliphatic carbocycles. The summed E-state index contributed by atoms with van der Waals surface area (Å²) in [5.41, 5.74) is 6.73. The van der Waals surface area contributed by atoms with Gasteiger partial charge in [0, 0.05) is 36.1 Å². The fourth-order valence-corrected chi connectivity index (χ4v) is 3.19. The van der Waals surface area contributed by atoms with Gasteiger partial charge >= 0.3 is 0 Å². The minimum absolute atomic E-state index is 0.00318. The van der Waals surface area contributed by atoms with Gasteiger partial charge in [0.2, 0.25) is 5.91 Å². The molecule has 0 radical (unpaired) electrons. The number of carbonyl (C=O) groups is 2. The summed E-state index contributed by atoms with van der Waals surface area (Å²) in [6.07, 6.45) is 0.925. The van der Waals surface area contributed by atoms with E-state index in [2.05, 4.69) is 5.32 Å². The van der Waals surface area contributed by atoms with Crippen molar-refractivity contribution in [2.75, 3.05) is 11.9 Å². The maximum Gasteiger partial charge on any atom is 0.223 e. The lowest BCUT2D eigenvalue weighted by Crippen LogP contribution is -2.56. The molecule has 3 rings (SSSR count). The number of halogens is 1. The Kier molecular flexibility index (Phi) is 5.06. The van der Waals surface area contributed by atoms with Crippen molar-refractivity contribution in [2.45, 2.75) is 18.6 Å². The van der Waals surface area contributed by atoms with Gasteiger partial charge in [0.25, 0.3) is 0 Å². The number of benzene rings is 2. The van der Waals surface area contributed by atoms with E-state index in [1.165, 1.54) is 0 Å². The van der Waals surface area contributed by atoms with Crippen LogP contribution in [0.2, 0.25) is 5.02 Å². The highest BCUT2D eigenvalue weighted by molar-refractivity contribution is 6.30. The summed E-state index contributed by atoms with van der Waals surface area (Å²) >= 11 is 5.88. The summed E-state index contributed by atoms with van der Waals surface area (Å²) in [6, 6.07) is 16.7. The van der Waals surface area contributed by atoms with Crippen molar-refractivity contribution in [1.29, 1.82) is 0 Å². The summed E-state index contributed by atoms with van der Waals surface area (Å²) in [7, 11) is 0. The van der Waals surface area contributed by atoms with Gasteiger partial charge in [0.15, 0.2) is 6.29 Å². The molecule has 1 amide bonds. The molecule has 1 aliphatic heterocycles. The second kappa shape index (κ2) is 7.25. The standard InChI is InChI=1S/C19H20ClN3O2/c20-16-6-8-17(9-7-16)22-19(21,13-24)15-10-18(25)23(12-15)11-14-4-2-1-3-5-14/h1-9,13,15,22H,10-12,21H2. The van der Waals surface area contributed by atoms with Crippen LogP contribution in [-0.4, -0.2) is 29.3 Å². The SMILES string of the molecule is NC(C=O)(Nc1ccc(Cl)cc1)C1CC(=O)N(Cc2ccccc2)C1. The zero-order valence-electron chi connectivity index (χ0n) is 13.7. The highest BCUT2D eigenvalue weighted by Gasteiger charge is 2.43. The van der Waals surface area contributed by atoms with Gasteiger partial charge in [-0.2, -0.15) is 0 Å². The lowest BCUT2D eigenvalue weighted by atomic mass is 9.93. The molecule has 0 aromatic heterocycles. The van der Waals surface area contributed by atoms with Gasteiger partial charge in [-0.1, -0.05) is 41.9 Å². The third-order valence-electron chi connectivity index (χ3n) is 4.51. The van der Waals surface area contributed by atoms with Crippen LogP contribution in [0.3, 0.4) is 0 Å². The third-order valence-corrected chi connectivity index (χ3v) is 4.76. The van der Waals surface area contributed by atoms with Crippen LogP contribution in [-0.2, 0) is 16.1 Å². The molecule has 6 heteroatoms. The molecule has 1 fully saturated rings. The number of carbonyl (C=O) groups excluding carboxylic acids is 2. The predicted octanol–water partition coefficient (Wildman–Crippen LogP) is 2.65. The molecule has 2 unspecified atom stereocenters. The number of hydrogen-bond donors (Lipinski definition) is 2. The Balaban J connectivity index is 1.72. The monoisotopic (exact) mass is 357 g/mol. The first-order valence-corrected chi connectivity index (χ1v) is 8.48. The van der Waals surface area contributed by atoms with Crippen molar-refractivity contribution in [3.8, 4) is 0 Å². The molecule has 25 heavy (non-hydrogen) atoms. The second-order valence-electron chi connectivity index (χ2n) is 6.34. The molecular formula is C19H20ClN3O2. The number of hydrogen-bond acceptors (Lipinski definition) is 4. The van der Waals surface area contributed by atoms with Gasteiger partial charge in [-0.3, -0.25) is 9.59 Å². The summed E-state index contributed by atoms with van der Waals surface area (Å²) in [5.74, 6) is -0.305. The maximum atomic E-state index is 12.4. The molecule has 1 heterocycles. The molecule has 2 aromatic rings. The first kappa shape index (κ1) is 17.5. The first-order chi connectivity index (χ1) is 12.0. The number of nitrogens with two attached hydrogens (primary N) is 1. The number of nitrogens with one attached hydrogen (secondary N) is 1. The Morgan fingerprint density at radius 2 is 1.88 bits per heavy atom. The molecule has 0 saturated carbocycles. The van der Waals surface area contributed by atoms with Crippen molar-refractivity contribution in [3.05, 3.63) is 65.2 Å². The minimum atomic E-state index is -1.31. The Hall–Kier alpha value is -2.37. The van der Waals surface area contributed by atoms with Crippen LogP contribution in [0.1, 0.15) is 12.0 Å². The van der Waals surface area contributed by atoms with Gasteiger partial charge in [0.1, 0.15) is 5.66 Å². The third kappa shape index (κ3) is 4.00. The maximum absolute atomic E-state index is 12.4. The van der Waals surface area contributed by atoms with Crippen molar-refractivity contribution < 1.29 is 9.59 Å². The van der Waals surface area contributed by atoms with Crippen molar-refractivity contribution in [3.63, 3.8) is 0 Å². The fraction of sp³-hybridized carbons (Fsp3) is 0.263. The largest absolute Gasteiger partial charge is 0.361 e. The first-order valence-electron chi connectivity index (χ1n) is 8.11. The highest BCUT2D eigenvalue weighted by Crippen LogP contribution is 2.28. The quantitative estimate of drug-likeness (QED) is 0.615. The van der Waals surface area contributed by atoms with E-state index in [1.54, 1.807) is 29.2 Å². The van der Waals surface area contributed by atoms with Crippen molar-refractivity contribution >= 4 is 29.5 Å². The Labute approximate surface area is 151 Å². The number of nitrogens with zero attached hydrogens (tertiary/aromatic N) is 1. The van der Waals surface area contributed by atoms with Crippen molar-refractivity contribution in [2.24, 2.45) is 11.7 Å². The van der Waals surface area contributed by atoms with E-state index in [9.17, 15) is 9.59 Å². The topological polar surface area (TPSA) is 75.4 Å². The molecule has 1 saturated heterocycles. The average molecular weight is 358 g/mol. The fourth-order valence-electron chi connectivity index (χ4n) is 3.06. The summed E-state index contributed by atoms with van der Waals surface area (Å²) in [4.78, 5) is 25.8. The number of likely N-dealkylation sites (tertiary alicyclic amines) is 1. The smallest absolute Gasteiger partial charge is 0.223 e. The van der Waals surface area contributed by atoms with Crippen LogP contribution < -0.4 is 11.1 Å². The van der Waals surface area contributed by atoms with E-state index in [4.69, 9.17) is 17.3 Å². The van der Waals surface area contributed by atoms with Crippen LogP contribution in [0.4, 0.5) is 5.69 Å². The van der Waals surface area contributed by atoms with E-state index in [-0.39, 0.29) is 18.2 Å². The number of anilines is 1. The zero-order valence-corrected chi connectivity index (χ0v) is 14.4. The van der Waals surface area contributed by atoms with Crippen LogP contribution in [0.25, 0.3) is 0 Å². The molecule has 3 N–H and O–H groups in total. The number of rotatable bonds is 6. The molecule has 5 nitrogen and oxygen atoms in total. The number of aldehydes is 1. The average Bonchev–Trinajstić information content (AvgIpc) is 2.99. The summed E-state index contributed by atoms with van der Waals surface area (Å²) in [5, 5.41) is 3.65. The zero-order chi connectivity index (χ0) is 17.9. The predicted molar refractivity (Wildman–Crippen MR) is 98.0 cm³/mol. The summed E-state index contributed by atoms with van der Waals surface area (Å²) < 4.78 is 0. The van der Waals surface area contributed by atoms with E-state index < -0.39 is 5.66 Å². The van der Waals surface area contributed by atoms with Gasteiger partial charge in [-0.05, 0) is 29.8 Å². The molecular weight excluding hydrogens is 338 g/mol.